The summed E-state index contributed by atoms with van der Waals surface area (Å²) in [4.78, 5) is 16.5. The smallest absolute Gasteiger partial charge is 0.269 e. The summed E-state index contributed by atoms with van der Waals surface area (Å²) in [6.07, 6.45) is 0.782. The molecule has 2 heterocycles. The predicted octanol–water partition coefficient (Wildman–Crippen LogP) is 4.12. The zero-order chi connectivity index (χ0) is 24.3. The lowest BCUT2D eigenvalue weighted by atomic mass is 9.82. The van der Waals surface area contributed by atoms with Gasteiger partial charge in [-0.2, -0.15) is 5.10 Å². The van der Waals surface area contributed by atoms with Crippen molar-refractivity contribution in [2.45, 2.75) is 32.2 Å². The second-order valence-corrected chi connectivity index (χ2v) is 9.93. The molecule has 1 aliphatic heterocycles. The Morgan fingerprint density at radius 3 is 2.29 bits per heavy atom. The first kappa shape index (κ1) is 24.2. The number of nitrogens with two attached hydrogens (primary N) is 1. The van der Waals surface area contributed by atoms with Crippen LogP contribution in [-0.4, -0.2) is 53.3 Å². The van der Waals surface area contributed by atoms with Crippen LogP contribution < -0.4 is 10.6 Å². The van der Waals surface area contributed by atoms with E-state index in [2.05, 4.69) is 28.7 Å². The fourth-order valence-electron chi connectivity index (χ4n) is 4.57. The molecular formula is C26H31ClFN5O. The zero-order valence-electron chi connectivity index (χ0n) is 19.7. The molecule has 2 aromatic carbocycles. The molecule has 2 N–H and O–H groups in total. The standard InChI is InChI=1S/C26H31ClFN5O/c1-26(2,18-19-3-5-20(27)6-4-19)24-17-23(25(29)34)30-33(24)16-13-31-11-14-32(15-12-31)22-9-7-21(28)8-10-22/h3-10,17H,11-16,18H2,1-2H3,(H2,29,34). The molecule has 0 unspecified atom stereocenters. The van der Waals surface area contributed by atoms with Crippen molar-refractivity contribution in [3.8, 4) is 0 Å². The lowest BCUT2D eigenvalue weighted by Gasteiger charge is -2.36. The van der Waals surface area contributed by atoms with Gasteiger partial charge in [0.05, 0.1) is 6.54 Å². The second kappa shape index (κ2) is 10.2. The number of anilines is 1. The van der Waals surface area contributed by atoms with Crippen LogP contribution in [0.3, 0.4) is 0 Å². The van der Waals surface area contributed by atoms with Gasteiger partial charge in [-0.3, -0.25) is 14.4 Å². The largest absolute Gasteiger partial charge is 0.369 e. The van der Waals surface area contributed by atoms with E-state index in [-0.39, 0.29) is 11.2 Å². The van der Waals surface area contributed by atoms with Gasteiger partial charge in [-0.25, -0.2) is 4.39 Å². The molecular weight excluding hydrogens is 453 g/mol. The van der Waals surface area contributed by atoms with Crippen LogP contribution in [0.15, 0.2) is 54.6 Å². The van der Waals surface area contributed by atoms with Crippen LogP contribution in [0.5, 0.6) is 0 Å². The maximum Gasteiger partial charge on any atom is 0.269 e. The van der Waals surface area contributed by atoms with E-state index in [0.717, 1.165) is 50.5 Å². The summed E-state index contributed by atoms with van der Waals surface area (Å²) in [5.41, 5.74) is 8.80. The molecule has 0 saturated carbocycles. The molecule has 0 bridgehead atoms. The normalized spacial score (nSPS) is 15.0. The SMILES string of the molecule is CC(C)(Cc1ccc(Cl)cc1)c1cc(C(N)=O)nn1CCN1CCN(c2ccc(F)cc2)CC1. The van der Waals surface area contributed by atoms with Gasteiger partial charge in [0.15, 0.2) is 0 Å². The predicted molar refractivity (Wildman–Crippen MR) is 134 cm³/mol. The fraction of sp³-hybridized carbons (Fsp3) is 0.385. The molecule has 6 nitrogen and oxygen atoms in total. The number of piperazine rings is 1. The Morgan fingerprint density at radius 1 is 1.03 bits per heavy atom. The molecule has 0 atom stereocenters. The average Bonchev–Trinajstić information content (AvgIpc) is 3.26. The molecule has 1 aliphatic rings. The minimum atomic E-state index is -0.518. The first-order valence-electron chi connectivity index (χ1n) is 11.6. The number of nitrogens with zero attached hydrogens (tertiary/aromatic N) is 4. The van der Waals surface area contributed by atoms with E-state index < -0.39 is 5.91 Å². The summed E-state index contributed by atoms with van der Waals surface area (Å²) in [5.74, 6) is -0.734. The number of carbonyl (C=O) groups is 1. The Balaban J connectivity index is 1.42. The molecule has 0 radical (unpaired) electrons. The third-order valence-electron chi connectivity index (χ3n) is 6.48. The van der Waals surface area contributed by atoms with Gasteiger partial charge in [0.2, 0.25) is 0 Å². The highest BCUT2D eigenvalue weighted by molar-refractivity contribution is 6.30. The molecule has 8 heteroatoms. The van der Waals surface area contributed by atoms with E-state index in [4.69, 9.17) is 17.3 Å². The number of halogens is 2. The van der Waals surface area contributed by atoms with Crippen LogP contribution in [0.2, 0.25) is 5.02 Å². The Bertz CT molecular complexity index is 1120. The van der Waals surface area contributed by atoms with Gasteiger partial charge in [0, 0.05) is 54.5 Å². The lowest BCUT2D eigenvalue weighted by Crippen LogP contribution is -2.47. The van der Waals surface area contributed by atoms with E-state index in [1.165, 1.54) is 17.7 Å². The number of benzene rings is 2. The lowest BCUT2D eigenvalue weighted by molar-refractivity contribution is 0.0994. The number of primary amides is 1. The Labute approximate surface area is 205 Å². The highest BCUT2D eigenvalue weighted by atomic mass is 35.5. The monoisotopic (exact) mass is 483 g/mol. The van der Waals surface area contributed by atoms with Crippen molar-refractivity contribution in [3.05, 3.63) is 82.4 Å². The van der Waals surface area contributed by atoms with Crippen LogP contribution in [0.1, 0.15) is 35.6 Å². The molecule has 3 aromatic rings. The van der Waals surface area contributed by atoms with E-state index in [1.807, 2.05) is 47.1 Å². The minimum absolute atomic E-state index is 0.216. The third kappa shape index (κ3) is 5.77. The van der Waals surface area contributed by atoms with Crippen molar-refractivity contribution in [3.63, 3.8) is 0 Å². The number of amides is 1. The van der Waals surface area contributed by atoms with Crippen molar-refractivity contribution in [2.75, 3.05) is 37.6 Å². The van der Waals surface area contributed by atoms with Gasteiger partial charge in [-0.15, -0.1) is 0 Å². The molecule has 1 amide bonds. The summed E-state index contributed by atoms with van der Waals surface area (Å²) in [5, 5.41) is 5.25. The molecule has 4 rings (SSSR count). The first-order chi connectivity index (χ1) is 16.2. The van der Waals surface area contributed by atoms with Gasteiger partial charge in [0.25, 0.3) is 5.91 Å². The van der Waals surface area contributed by atoms with E-state index in [0.29, 0.717) is 17.3 Å². The van der Waals surface area contributed by atoms with E-state index >= 15 is 0 Å². The Kier molecular flexibility index (Phi) is 7.24. The van der Waals surface area contributed by atoms with Crippen molar-refractivity contribution >= 4 is 23.2 Å². The van der Waals surface area contributed by atoms with Gasteiger partial charge in [-0.05, 0) is 54.4 Å². The number of carbonyl (C=O) groups excluding carboxylic acids is 1. The van der Waals surface area contributed by atoms with Crippen LogP contribution in [0.4, 0.5) is 10.1 Å². The van der Waals surface area contributed by atoms with Crippen molar-refractivity contribution < 1.29 is 9.18 Å². The van der Waals surface area contributed by atoms with Crippen molar-refractivity contribution in [1.29, 1.82) is 0 Å². The number of hydrogen-bond acceptors (Lipinski definition) is 4. The topological polar surface area (TPSA) is 67.4 Å². The summed E-state index contributed by atoms with van der Waals surface area (Å²) in [6, 6.07) is 16.3. The summed E-state index contributed by atoms with van der Waals surface area (Å²) >= 11 is 6.04. The van der Waals surface area contributed by atoms with E-state index in [1.54, 1.807) is 0 Å². The van der Waals surface area contributed by atoms with Gasteiger partial charge in [0.1, 0.15) is 11.5 Å². The van der Waals surface area contributed by atoms with Gasteiger partial charge in [-0.1, -0.05) is 37.6 Å². The Morgan fingerprint density at radius 2 is 1.68 bits per heavy atom. The molecule has 1 saturated heterocycles. The molecule has 180 valence electrons. The summed E-state index contributed by atoms with van der Waals surface area (Å²) in [7, 11) is 0. The van der Waals surface area contributed by atoms with Crippen LogP contribution in [-0.2, 0) is 18.4 Å². The number of hydrogen-bond donors (Lipinski definition) is 1. The quantitative estimate of drug-likeness (QED) is 0.523. The summed E-state index contributed by atoms with van der Waals surface area (Å²) < 4.78 is 15.1. The minimum Gasteiger partial charge on any atom is -0.369 e. The van der Waals surface area contributed by atoms with Gasteiger partial charge < -0.3 is 10.6 Å². The molecule has 34 heavy (non-hydrogen) atoms. The third-order valence-corrected chi connectivity index (χ3v) is 6.73. The summed E-state index contributed by atoms with van der Waals surface area (Å²) in [6.45, 7) is 9.38. The van der Waals surface area contributed by atoms with Crippen LogP contribution in [0.25, 0.3) is 0 Å². The van der Waals surface area contributed by atoms with Gasteiger partial charge >= 0.3 is 0 Å². The van der Waals surface area contributed by atoms with Crippen molar-refractivity contribution in [1.82, 2.24) is 14.7 Å². The maximum absolute atomic E-state index is 13.2. The van der Waals surface area contributed by atoms with Crippen molar-refractivity contribution in [2.24, 2.45) is 5.73 Å². The molecule has 1 aromatic heterocycles. The fourth-order valence-corrected chi connectivity index (χ4v) is 4.70. The van der Waals surface area contributed by atoms with E-state index in [9.17, 15) is 9.18 Å². The Hall–Kier alpha value is -2.90. The first-order valence-corrected chi connectivity index (χ1v) is 11.9. The zero-order valence-corrected chi connectivity index (χ0v) is 20.4. The maximum atomic E-state index is 13.2. The van der Waals surface area contributed by atoms with Crippen LogP contribution in [0, 0.1) is 5.82 Å². The number of aromatic nitrogens is 2. The molecule has 0 aliphatic carbocycles. The average molecular weight is 484 g/mol. The number of rotatable bonds is 8. The molecule has 1 fully saturated rings. The van der Waals surface area contributed by atoms with Crippen LogP contribution >= 0.6 is 11.6 Å². The molecule has 0 spiro atoms. The highest BCUT2D eigenvalue weighted by Crippen LogP contribution is 2.29. The highest BCUT2D eigenvalue weighted by Gasteiger charge is 2.28. The second-order valence-electron chi connectivity index (χ2n) is 9.49.